The summed E-state index contributed by atoms with van der Waals surface area (Å²) in [5.41, 5.74) is 5.07. The molecule has 0 atom stereocenters. The van der Waals surface area contributed by atoms with Crippen LogP contribution in [0, 0.1) is 6.92 Å². The highest BCUT2D eigenvalue weighted by Gasteiger charge is 2.31. The molecular formula is C12H10F3NO. The van der Waals surface area contributed by atoms with Crippen molar-refractivity contribution in [1.82, 2.24) is 0 Å². The minimum atomic E-state index is -4.41. The van der Waals surface area contributed by atoms with Gasteiger partial charge in [0.1, 0.15) is 11.5 Å². The number of benzene rings is 1. The Balaban J connectivity index is 2.52. The molecule has 0 spiro atoms. The molecule has 90 valence electrons. The number of rotatable bonds is 1. The van der Waals surface area contributed by atoms with Crippen molar-refractivity contribution in [2.45, 2.75) is 13.1 Å². The fourth-order valence-electron chi connectivity index (χ4n) is 1.55. The van der Waals surface area contributed by atoms with Crippen molar-refractivity contribution in [3.63, 3.8) is 0 Å². The number of hydrogen-bond donors (Lipinski definition) is 1. The zero-order chi connectivity index (χ0) is 12.6. The van der Waals surface area contributed by atoms with Crippen LogP contribution in [0.25, 0.3) is 11.3 Å². The summed E-state index contributed by atoms with van der Waals surface area (Å²) in [6.45, 7) is 1.72. The highest BCUT2D eigenvalue weighted by Crippen LogP contribution is 2.34. The van der Waals surface area contributed by atoms with E-state index in [0.717, 1.165) is 12.1 Å². The third kappa shape index (κ3) is 2.43. The largest absolute Gasteiger partial charge is 0.461 e. The van der Waals surface area contributed by atoms with E-state index in [2.05, 4.69) is 0 Å². The maximum absolute atomic E-state index is 12.6. The van der Waals surface area contributed by atoms with E-state index in [9.17, 15) is 13.2 Å². The molecule has 0 radical (unpaired) electrons. The van der Waals surface area contributed by atoms with Gasteiger partial charge in [-0.25, -0.2) is 0 Å². The van der Waals surface area contributed by atoms with Crippen LogP contribution in [-0.4, -0.2) is 0 Å². The molecule has 1 aromatic carbocycles. The molecule has 2 rings (SSSR count). The number of hydrogen-bond acceptors (Lipinski definition) is 2. The average Bonchev–Trinajstić information content (AvgIpc) is 2.62. The summed E-state index contributed by atoms with van der Waals surface area (Å²) < 4.78 is 43.0. The molecular weight excluding hydrogens is 231 g/mol. The summed E-state index contributed by atoms with van der Waals surface area (Å²) in [6, 6.07) is 6.68. The van der Waals surface area contributed by atoms with Gasteiger partial charge in [0, 0.05) is 11.3 Å². The normalized spacial score (nSPS) is 11.8. The Hall–Kier alpha value is -1.91. The quantitative estimate of drug-likeness (QED) is 0.770. The molecule has 2 N–H and O–H groups in total. The number of alkyl halides is 3. The molecule has 0 unspecified atom stereocenters. The predicted octanol–water partition coefficient (Wildman–Crippen LogP) is 3.86. The van der Waals surface area contributed by atoms with E-state index >= 15 is 0 Å². The van der Waals surface area contributed by atoms with Gasteiger partial charge < -0.3 is 10.2 Å². The highest BCUT2D eigenvalue weighted by atomic mass is 19.4. The summed E-state index contributed by atoms with van der Waals surface area (Å²) in [4.78, 5) is 0. The Morgan fingerprint density at radius 3 is 2.35 bits per heavy atom. The Bertz CT molecular complexity index is 543. The lowest BCUT2D eigenvalue weighted by molar-refractivity contribution is -0.137. The van der Waals surface area contributed by atoms with Crippen molar-refractivity contribution in [1.29, 1.82) is 0 Å². The highest BCUT2D eigenvalue weighted by molar-refractivity contribution is 5.64. The van der Waals surface area contributed by atoms with Crippen LogP contribution in [0.4, 0.5) is 18.9 Å². The van der Waals surface area contributed by atoms with Gasteiger partial charge in [-0.3, -0.25) is 0 Å². The molecule has 5 heteroatoms. The lowest BCUT2D eigenvalue weighted by atomic mass is 10.1. The fraction of sp³-hybridized carbons (Fsp3) is 0.167. The second-order valence-corrected chi connectivity index (χ2v) is 3.75. The minimum absolute atomic E-state index is 0.0591. The van der Waals surface area contributed by atoms with Crippen molar-refractivity contribution >= 4 is 5.69 Å². The van der Waals surface area contributed by atoms with E-state index < -0.39 is 11.7 Å². The van der Waals surface area contributed by atoms with Gasteiger partial charge in [-0.15, -0.1) is 0 Å². The third-order valence-corrected chi connectivity index (χ3v) is 2.31. The Labute approximate surface area is 95.8 Å². The van der Waals surface area contributed by atoms with Crippen LogP contribution >= 0.6 is 0 Å². The zero-order valence-corrected chi connectivity index (χ0v) is 9.01. The van der Waals surface area contributed by atoms with Gasteiger partial charge in [0.05, 0.1) is 5.56 Å². The van der Waals surface area contributed by atoms with Crippen LogP contribution in [-0.2, 0) is 6.18 Å². The Kier molecular flexibility index (Phi) is 2.61. The molecule has 0 saturated heterocycles. The van der Waals surface area contributed by atoms with E-state index in [0.29, 0.717) is 17.1 Å². The van der Waals surface area contributed by atoms with Gasteiger partial charge in [-0.1, -0.05) is 0 Å². The molecule has 1 aromatic heterocycles. The molecule has 0 aliphatic rings. The van der Waals surface area contributed by atoms with Crippen molar-refractivity contribution in [3.05, 3.63) is 41.7 Å². The molecule has 0 bridgehead atoms. The lowest BCUT2D eigenvalue weighted by Crippen LogP contribution is -2.05. The van der Waals surface area contributed by atoms with Crippen molar-refractivity contribution in [3.8, 4) is 11.3 Å². The number of halogens is 3. The number of furan rings is 1. The van der Waals surface area contributed by atoms with Gasteiger partial charge in [0.15, 0.2) is 0 Å². The van der Waals surface area contributed by atoms with Gasteiger partial charge >= 0.3 is 6.18 Å². The molecule has 0 aliphatic carbocycles. The van der Waals surface area contributed by atoms with Gasteiger partial charge in [0.25, 0.3) is 0 Å². The molecule has 2 aromatic rings. The van der Waals surface area contributed by atoms with E-state index in [-0.39, 0.29) is 5.69 Å². The summed E-state index contributed by atoms with van der Waals surface area (Å²) >= 11 is 0. The molecule has 17 heavy (non-hydrogen) atoms. The summed E-state index contributed by atoms with van der Waals surface area (Å²) in [5, 5.41) is 0. The molecule has 0 aliphatic heterocycles. The predicted molar refractivity (Wildman–Crippen MR) is 58.3 cm³/mol. The number of nitrogen functional groups attached to an aromatic ring is 1. The number of aryl methyl sites for hydroxylation is 1. The van der Waals surface area contributed by atoms with Gasteiger partial charge in [-0.05, 0) is 37.3 Å². The Morgan fingerprint density at radius 1 is 1.12 bits per heavy atom. The van der Waals surface area contributed by atoms with Crippen molar-refractivity contribution in [2.24, 2.45) is 0 Å². The van der Waals surface area contributed by atoms with Crippen LogP contribution < -0.4 is 5.73 Å². The summed E-state index contributed by atoms with van der Waals surface area (Å²) in [5.74, 6) is 1.01. The first-order valence-electron chi connectivity index (χ1n) is 4.91. The van der Waals surface area contributed by atoms with Gasteiger partial charge in [-0.2, -0.15) is 13.2 Å². The molecule has 1 heterocycles. The average molecular weight is 241 g/mol. The first kappa shape index (κ1) is 11.6. The maximum atomic E-state index is 12.6. The topological polar surface area (TPSA) is 39.2 Å². The first-order valence-corrected chi connectivity index (χ1v) is 4.91. The van der Waals surface area contributed by atoms with E-state index in [1.807, 2.05) is 0 Å². The second-order valence-electron chi connectivity index (χ2n) is 3.75. The smallest absolute Gasteiger partial charge is 0.416 e. The monoisotopic (exact) mass is 241 g/mol. The van der Waals surface area contributed by atoms with Crippen LogP contribution in [0.1, 0.15) is 11.3 Å². The fourth-order valence-corrected chi connectivity index (χ4v) is 1.55. The standard InChI is InChI=1S/C12H10F3NO/c1-7-2-3-11(17-7)8-4-9(12(13,14)15)6-10(16)5-8/h2-6H,16H2,1H3. The van der Waals surface area contributed by atoms with E-state index in [4.69, 9.17) is 10.2 Å². The van der Waals surface area contributed by atoms with Gasteiger partial charge in [0.2, 0.25) is 0 Å². The number of nitrogens with two attached hydrogens (primary N) is 1. The summed E-state index contributed by atoms with van der Waals surface area (Å²) in [6.07, 6.45) is -4.41. The molecule has 0 fully saturated rings. The molecule has 0 saturated carbocycles. The SMILES string of the molecule is Cc1ccc(-c2cc(N)cc(C(F)(F)F)c2)o1. The summed E-state index contributed by atoms with van der Waals surface area (Å²) in [7, 11) is 0. The van der Waals surface area contributed by atoms with E-state index in [1.54, 1.807) is 19.1 Å². The van der Waals surface area contributed by atoms with Crippen molar-refractivity contribution < 1.29 is 17.6 Å². The van der Waals surface area contributed by atoms with Crippen LogP contribution in [0.5, 0.6) is 0 Å². The minimum Gasteiger partial charge on any atom is -0.461 e. The van der Waals surface area contributed by atoms with Crippen molar-refractivity contribution in [2.75, 3.05) is 5.73 Å². The number of anilines is 1. The maximum Gasteiger partial charge on any atom is 0.416 e. The molecule has 2 nitrogen and oxygen atoms in total. The van der Waals surface area contributed by atoms with E-state index in [1.165, 1.54) is 6.07 Å². The molecule has 0 amide bonds. The lowest BCUT2D eigenvalue weighted by Gasteiger charge is -2.09. The van der Waals surface area contributed by atoms with Crippen LogP contribution in [0.3, 0.4) is 0 Å². The van der Waals surface area contributed by atoms with Crippen LogP contribution in [0.2, 0.25) is 0 Å². The first-order chi connectivity index (χ1) is 7.86. The second kappa shape index (κ2) is 3.84. The zero-order valence-electron chi connectivity index (χ0n) is 9.01. The third-order valence-electron chi connectivity index (χ3n) is 2.31. The Morgan fingerprint density at radius 2 is 1.82 bits per heavy atom. The van der Waals surface area contributed by atoms with Crippen LogP contribution in [0.15, 0.2) is 34.7 Å².